The van der Waals surface area contributed by atoms with Crippen molar-refractivity contribution in [2.75, 3.05) is 0 Å². The van der Waals surface area contributed by atoms with Crippen molar-refractivity contribution >= 4 is 24.4 Å². The highest BCUT2D eigenvalue weighted by Gasteiger charge is 2.34. The van der Waals surface area contributed by atoms with Crippen molar-refractivity contribution in [2.24, 2.45) is 35.5 Å². The quantitative estimate of drug-likeness (QED) is 0.0798. The van der Waals surface area contributed by atoms with Crippen LogP contribution in [0.3, 0.4) is 0 Å². The Morgan fingerprint density at radius 3 is 1.53 bits per heavy atom. The maximum absolute atomic E-state index is 11.3. The van der Waals surface area contributed by atoms with Crippen LogP contribution in [0.1, 0.15) is 242 Å². The lowest BCUT2D eigenvalue weighted by atomic mass is 9.87. The molecule has 0 spiro atoms. The molecule has 0 saturated heterocycles. The second-order valence-corrected chi connectivity index (χ2v) is 25.6. The molecule has 0 fully saturated rings. The highest BCUT2D eigenvalue weighted by Crippen LogP contribution is 2.52. The van der Waals surface area contributed by atoms with E-state index in [1.807, 2.05) is 6.92 Å². The van der Waals surface area contributed by atoms with Gasteiger partial charge < -0.3 is 9.84 Å². The number of hydrogen-bond donors (Lipinski definition) is 2. The Labute approximate surface area is 395 Å². The molecule has 1 N–H and O–H groups in total. The molecule has 4 heteroatoms. The number of rotatable bonds is 29. The van der Waals surface area contributed by atoms with E-state index in [0.717, 1.165) is 94.9 Å². The van der Waals surface area contributed by atoms with Crippen molar-refractivity contribution in [3.63, 3.8) is 0 Å². The normalized spacial score (nSPS) is 18.5. The van der Waals surface area contributed by atoms with E-state index in [-0.39, 0.29) is 9.49 Å². The number of thiol groups is 1. The molecular formula is C58H100O2S2. The minimum atomic E-state index is -0.0791. The van der Waals surface area contributed by atoms with Gasteiger partial charge in [0, 0.05) is 20.0 Å². The zero-order valence-corrected chi connectivity index (χ0v) is 45.4. The molecule has 6 atom stereocenters. The maximum Gasteiger partial charge on any atom is 0.134 e. The van der Waals surface area contributed by atoms with Gasteiger partial charge in [-0.25, -0.2) is 0 Å². The number of fused-ring (bicyclic) bond motifs is 1. The molecule has 2 aromatic carbocycles. The lowest BCUT2D eigenvalue weighted by Crippen LogP contribution is -2.26. The Morgan fingerprint density at radius 1 is 0.581 bits per heavy atom. The van der Waals surface area contributed by atoms with Crippen LogP contribution in [0.15, 0.2) is 4.90 Å². The molecule has 3 rings (SSSR count). The molecule has 2 nitrogen and oxygen atoms in total. The molecule has 1 aliphatic rings. The fourth-order valence-electron chi connectivity index (χ4n) is 10.5. The number of thioether (sulfide) groups is 1. The van der Waals surface area contributed by atoms with E-state index in [4.69, 9.17) is 17.4 Å². The summed E-state index contributed by atoms with van der Waals surface area (Å²) in [7, 11) is 0. The topological polar surface area (TPSA) is 29.5 Å². The van der Waals surface area contributed by atoms with E-state index >= 15 is 0 Å². The smallest absolute Gasteiger partial charge is 0.134 e. The molecule has 0 bridgehead atoms. The largest absolute Gasteiger partial charge is 0.507 e. The van der Waals surface area contributed by atoms with Crippen molar-refractivity contribution in [3.05, 3.63) is 44.5 Å². The van der Waals surface area contributed by atoms with Gasteiger partial charge in [0.1, 0.15) is 17.2 Å². The van der Waals surface area contributed by atoms with Crippen LogP contribution >= 0.6 is 24.4 Å². The van der Waals surface area contributed by atoms with Crippen LogP contribution < -0.4 is 4.74 Å². The number of ether oxygens (including phenoxy) is 1. The summed E-state index contributed by atoms with van der Waals surface area (Å²) in [6.07, 6.45) is 28.3. The number of benzene rings is 2. The van der Waals surface area contributed by atoms with E-state index in [1.54, 1.807) is 0 Å². The van der Waals surface area contributed by atoms with Gasteiger partial charge in [0.25, 0.3) is 0 Å². The molecule has 0 amide bonds. The maximum atomic E-state index is 11.3. The summed E-state index contributed by atoms with van der Waals surface area (Å²) >= 11 is 7.43. The predicted molar refractivity (Wildman–Crippen MR) is 281 cm³/mol. The van der Waals surface area contributed by atoms with Crippen LogP contribution in [-0.2, 0) is 12.8 Å². The SMILES string of the molecule is Cc1c(C)c(Oc2c(C)c(C)c3c(c2C)CC[C@@](C)(CCC[C@H](C)CCC[C@H](C)CCCC(C)C)S3)c(CC[C@@](C)(S)CCC[C@H](C)CCC[C@H](C)CCCC(C)C)c(C)c1O. The van der Waals surface area contributed by atoms with Crippen LogP contribution in [0.25, 0.3) is 0 Å². The van der Waals surface area contributed by atoms with Gasteiger partial charge in [-0.15, -0.1) is 11.8 Å². The molecule has 0 unspecified atom stereocenters. The summed E-state index contributed by atoms with van der Waals surface area (Å²) < 4.78 is 7.40. The predicted octanol–water partition coefficient (Wildman–Crippen LogP) is 19.3. The minimum absolute atomic E-state index is 0.0791. The van der Waals surface area contributed by atoms with Crippen molar-refractivity contribution < 1.29 is 9.84 Å². The fourth-order valence-corrected chi connectivity index (χ4v) is 12.3. The summed E-state index contributed by atoms with van der Waals surface area (Å²) in [5, 5.41) is 11.3. The Hall–Kier alpha value is -1.26. The van der Waals surface area contributed by atoms with Gasteiger partial charge >= 0.3 is 0 Å². The van der Waals surface area contributed by atoms with Gasteiger partial charge in [0.15, 0.2) is 0 Å². The van der Waals surface area contributed by atoms with Gasteiger partial charge in [-0.05, 0) is 155 Å². The van der Waals surface area contributed by atoms with Crippen LogP contribution in [0.5, 0.6) is 17.2 Å². The molecule has 1 heterocycles. The van der Waals surface area contributed by atoms with Crippen LogP contribution in [-0.4, -0.2) is 14.6 Å². The average Bonchev–Trinajstić information content (AvgIpc) is 3.18. The molecule has 0 aliphatic carbocycles. The minimum Gasteiger partial charge on any atom is -0.507 e. The molecule has 0 radical (unpaired) electrons. The zero-order valence-electron chi connectivity index (χ0n) is 43.7. The second kappa shape index (κ2) is 26.2. The van der Waals surface area contributed by atoms with E-state index < -0.39 is 0 Å². The van der Waals surface area contributed by atoms with E-state index in [0.29, 0.717) is 5.75 Å². The Balaban J connectivity index is 1.62. The molecule has 2 aromatic rings. The molecule has 0 saturated carbocycles. The zero-order chi connectivity index (χ0) is 46.4. The number of hydrogen-bond acceptors (Lipinski definition) is 4. The highest BCUT2D eigenvalue weighted by molar-refractivity contribution is 8.00. The highest BCUT2D eigenvalue weighted by atomic mass is 32.2. The third-order valence-corrected chi connectivity index (χ3v) is 17.7. The summed E-state index contributed by atoms with van der Waals surface area (Å²) in [6.45, 7) is 37.3. The summed E-state index contributed by atoms with van der Waals surface area (Å²) in [6, 6.07) is 0. The van der Waals surface area contributed by atoms with E-state index in [2.05, 4.69) is 116 Å². The van der Waals surface area contributed by atoms with Gasteiger partial charge in [0.05, 0.1) is 0 Å². The molecular weight excluding hydrogens is 793 g/mol. The number of phenols is 1. The Kier molecular flexibility index (Phi) is 23.2. The molecule has 62 heavy (non-hydrogen) atoms. The second-order valence-electron chi connectivity index (χ2n) is 22.9. The third-order valence-electron chi connectivity index (χ3n) is 15.6. The van der Waals surface area contributed by atoms with E-state index in [9.17, 15) is 5.11 Å². The van der Waals surface area contributed by atoms with Gasteiger partial charge in [0.2, 0.25) is 0 Å². The van der Waals surface area contributed by atoms with E-state index in [1.165, 1.54) is 143 Å². The van der Waals surface area contributed by atoms with Crippen LogP contribution in [0.4, 0.5) is 0 Å². The lowest BCUT2D eigenvalue weighted by Gasteiger charge is -2.37. The number of aromatic hydroxyl groups is 1. The molecule has 356 valence electrons. The summed E-state index contributed by atoms with van der Waals surface area (Å²) in [5.41, 5.74) is 9.49. The summed E-state index contributed by atoms with van der Waals surface area (Å²) in [4.78, 5) is 1.50. The summed E-state index contributed by atoms with van der Waals surface area (Å²) in [5.74, 6) is 7.37. The van der Waals surface area contributed by atoms with Crippen molar-refractivity contribution in [1.29, 1.82) is 0 Å². The van der Waals surface area contributed by atoms with Crippen molar-refractivity contribution in [3.8, 4) is 17.2 Å². The first-order valence-corrected chi connectivity index (χ1v) is 27.4. The van der Waals surface area contributed by atoms with Gasteiger partial charge in [-0.3, -0.25) is 0 Å². The lowest BCUT2D eigenvalue weighted by molar-refractivity contribution is 0.379. The third kappa shape index (κ3) is 17.5. The Morgan fingerprint density at radius 2 is 1.03 bits per heavy atom. The van der Waals surface area contributed by atoms with Crippen molar-refractivity contribution in [2.45, 2.75) is 266 Å². The standard InChI is InChI=1S/C58H100O2S2/c1-39(2)23-17-25-41(5)27-19-29-43(7)31-21-35-57(15,61)37-33-51-49(13)53(59)45(9)46(10)55(51)60-54-47(11)48(12)56-52(50(54)14)34-38-58(16,62-56)36-22-32-44(8)30-20-28-42(6)26-18-24-40(3)4/h39-44,59,61H,17-38H2,1-16H3/t41-,42-,43-,44-,57+,58-/m1/s1. The molecule has 1 aliphatic heterocycles. The monoisotopic (exact) mass is 893 g/mol. The first-order chi connectivity index (χ1) is 29.1. The van der Waals surface area contributed by atoms with Crippen LogP contribution in [0, 0.1) is 77.0 Å². The fraction of sp³-hybridized carbons (Fsp3) is 0.793. The van der Waals surface area contributed by atoms with Crippen molar-refractivity contribution in [1.82, 2.24) is 0 Å². The average molecular weight is 894 g/mol. The van der Waals surface area contributed by atoms with Gasteiger partial charge in [-0.2, -0.15) is 12.6 Å². The Bertz CT molecular complexity index is 1650. The first-order valence-electron chi connectivity index (χ1n) is 26.1. The first kappa shape index (κ1) is 55.1. The molecule has 0 aromatic heterocycles. The van der Waals surface area contributed by atoms with Gasteiger partial charge in [-0.1, -0.05) is 172 Å². The van der Waals surface area contributed by atoms with Crippen LogP contribution in [0.2, 0.25) is 0 Å². The number of phenolic OH excluding ortho intramolecular Hbond substituents is 1.